The van der Waals surface area contributed by atoms with Crippen molar-refractivity contribution in [2.45, 2.75) is 0 Å². The van der Waals surface area contributed by atoms with Gasteiger partial charge in [0, 0.05) is 49.9 Å². The Morgan fingerprint density at radius 2 is 0.857 bits per heavy atom. The van der Waals surface area contributed by atoms with Crippen LogP contribution >= 0.6 is 0 Å². The van der Waals surface area contributed by atoms with Gasteiger partial charge in [-0.25, -0.2) is 15.0 Å². The first-order valence-corrected chi connectivity index (χ1v) is 23.7. The first kappa shape index (κ1) is 39.7. The number of nitrogens with zero attached hydrogens (tertiary/aromatic N) is 4. The molecule has 326 valence electrons. The second kappa shape index (κ2) is 16.1. The van der Waals surface area contributed by atoms with E-state index in [-0.39, 0.29) is 0 Å². The molecule has 0 aliphatic rings. The fourth-order valence-electron chi connectivity index (χ4n) is 10.4. The largest absolute Gasteiger partial charge is 0.456 e. The molecule has 5 nitrogen and oxygen atoms in total. The summed E-state index contributed by atoms with van der Waals surface area (Å²) in [6.45, 7) is 0. The van der Waals surface area contributed by atoms with Crippen molar-refractivity contribution in [3.63, 3.8) is 0 Å². The van der Waals surface area contributed by atoms with Crippen molar-refractivity contribution < 1.29 is 4.42 Å². The van der Waals surface area contributed by atoms with Gasteiger partial charge in [-0.15, -0.1) is 0 Å². The van der Waals surface area contributed by atoms with E-state index in [9.17, 15) is 0 Å². The van der Waals surface area contributed by atoms with E-state index < -0.39 is 0 Å². The van der Waals surface area contributed by atoms with E-state index in [0.717, 1.165) is 83.2 Å². The molecule has 3 aromatic heterocycles. The number of para-hydroxylation sites is 1. The minimum absolute atomic E-state index is 0.571. The van der Waals surface area contributed by atoms with Gasteiger partial charge < -0.3 is 8.98 Å². The van der Waals surface area contributed by atoms with E-state index >= 15 is 0 Å². The Morgan fingerprint density at radius 1 is 0.286 bits per heavy atom. The standard InChI is InChI=1S/C65H40N4O/c1-3-15-41(16-4-1)47-23-13-24-51(36-47)64-66-63(45-18-5-2-6-19-45)67-65(68-64)53-26-14-28-60-62(53)56-39-54(44-32-29-43(30-33-44)50-34-31-42-17-7-8-20-46(42)35-50)59(40-61(56)70-60)69-57-27-12-11-25-52(57)55-37-48-21-9-10-22-49(48)38-58(55)69/h1-40H. The van der Waals surface area contributed by atoms with Crippen LogP contribution in [0.25, 0.3) is 139 Å². The van der Waals surface area contributed by atoms with E-state index in [1.54, 1.807) is 0 Å². The predicted octanol–water partition coefficient (Wildman–Crippen LogP) is 17.2. The Balaban J connectivity index is 1.01. The molecule has 0 saturated carbocycles. The number of hydrogen-bond donors (Lipinski definition) is 0. The summed E-state index contributed by atoms with van der Waals surface area (Å²) >= 11 is 0. The molecule has 3 heterocycles. The van der Waals surface area contributed by atoms with E-state index in [1.165, 1.54) is 37.9 Å². The van der Waals surface area contributed by atoms with Gasteiger partial charge in [0.1, 0.15) is 11.2 Å². The Bertz CT molecular complexity index is 4340. The van der Waals surface area contributed by atoms with Crippen LogP contribution in [0.15, 0.2) is 247 Å². The lowest BCUT2D eigenvalue weighted by Crippen LogP contribution is -2.00. The van der Waals surface area contributed by atoms with E-state index in [4.69, 9.17) is 19.4 Å². The fraction of sp³-hybridized carbons (Fsp3) is 0. The molecule has 0 saturated heterocycles. The number of furan rings is 1. The summed E-state index contributed by atoms with van der Waals surface area (Å²) in [6, 6.07) is 86.0. The van der Waals surface area contributed by atoms with Gasteiger partial charge in [0.25, 0.3) is 0 Å². The van der Waals surface area contributed by atoms with Gasteiger partial charge in [-0.3, -0.25) is 0 Å². The molecule has 0 N–H and O–H groups in total. The average Bonchev–Trinajstić information content (AvgIpc) is 3.97. The first-order chi connectivity index (χ1) is 34.7. The highest BCUT2D eigenvalue weighted by molar-refractivity contribution is 6.16. The highest BCUT2D eigenvalue weighted by atomic mass is 16.3. The maximum atomic E-state index is 6.96. The summed E-state index contributed by atoms with van der Waals surface area (Å²) in [7, 11) is 0. The van der Waals surface area contributed by atoms with Crippen molar-refractivity contribution in [3.05, 3.63) is 243 Å². The second-order valence-corrected chi connectivity index (χ2v) is 18.0. The number of fused-ring (bicyclic) bond motifs is 8. The third-order valence-electron chi connectivity index (χ3n) is 13.8. The van der Waals surface area contributed by atoms with Gasteiger partial charge in [-0.1, -0.05) is 194 Å². The van der Waals surface area contributed by atoms with Crippen LogP contribution in [0, 0.1) is 0 Å². The zero-order valence-corrected chi connectivity index (χ0v) is 37.8. The molecule has 0 aliphatic heterocycles. The first-order valence-electron chi connectivity index (χ1n) is 23.7. The molecule has 0 aliphatic carbocycles. The van der Waals surface area contributed by atoms with Crippen LogP contribution in [-0.4, -0.2) is 19.5 Å². The van der Waals surface area contributed by atoms with Gasteiger partial charge in [0.05, 0.1) is 16.7 Å². The summed E-state index contributed by atoms with van der Waals surface area (Å²) in [5.41, 5.74) is 14.2. The minimum atomic E-state index is 0.571. The second-order valence-electron chi connectivity index (χ2n) is 18.0. The van der Waals surface area contributed by atoms with Crippen molar-refractivity contribution in [1.82, 2.24) is 19.5 Å². The lowest BCUT2D eigenvalue weighted by atomic mass is 9.95. The number of hydrogen-bond acceptors (Lipinski definition) is 4. The van der Waals surface area contributed by atoms with Gasteiger partial charge >= 0.3 is 0 Å². The van der Waals surface area contributed by atoms with Crippen LogP contribution in [-0.2, 0) is 0 Å². The van der Waals surface area contributed by atoms with Crippen LogP contribution < -0.4 is 0 Å². The van der Waals surface area contributed by atoms with E-state index in [0.29, 0.717) is 17.5 Å². The van der Waals surface area contributed by atoms with Gasteiger partial charge in [-0.2, -0.15) is 0 Å². The molecule has 0 spiro atoms. The normalized spacial score (nSPS) is 11.7. The average molecular weight is 893 g/mol. The number of rotatable bonds is 7. The highest BCUT2D eigenvalue weighted by Crippen LogP contribution is 2.44. The zero-order valence-electron chi connectivity index (χ0n) is 37.8. The highest BCUT2D eigenvalue weighted by Gasteiger charge is 2.23. The molecular weight excluding hydrogens is 853 g/mol. The molecule has 0 amide bonds. The molecule has 70 heavy (non-hydrogen) atoms. The van der Waals surface area contributed by atoms with Crippen LogP contribution in [0.4, 0.5) is 0 Å². The summed E-state index contributed by atoms with van der Waals surface area (Å²) in [5, 5.41) is 9.17. The third kappa shape index (κ3) is 6.67. The van der Waals surface area contributed by atoms with Crippen molar-refractivity contribution in [2.75, 3.05) is 0 Å². The van der Waals surface area contributed by atoms with Gasteiger partial charge in [-0.05, 0) is 91.8 Å². The molecule has 0 atom stereocenters. The molecule has 0 bridgehead atoms. The molecule has 5 heteroatoms. The fourth-order valence-corrected chi connectivity index (χ4v) is 10.4. The quantitative estimate of drug-likeness (QED) is 0.160. The Kier molecular flexibility index (Phi) is 9.14. The third-order valence-corrected chi connectivity index (χ3v) is 13.8. The maximum absolute atomic E-state index is 6.96. The summed E-state index contributed by atoms with van der Waals surface area (Å²) in [4.78, 5) is 15.7. The van der Waals surface area contributed by atoms with E-state index in [2.05, 4.69) is 199 Å². The molecule has 0 fully saturated rings. The molecule has 0 unspecified atom stereocenters. The molecule has 11 aromatic carbocycles. The SMILES string of the molecule is c1ccc(-c2cccc(-c3nc(-c4ccccc4)nc(-c4cccc5oc6cc(-n7c8ccccc8c8cc9ccccc9cc87)c(-c7ccc(-c8ccc9ccccc9c8)cc7)cc6c45)n3)c2)cc1. The summed E-state index contributed by atoms with van der Waals surface area (Å²) in [5.74, 6) is 1.77. The van der Waals surface area contributed by atoms with Crippen molar-refractivity contribution >= 4 is 65.3 Å². The van der Waals surface area contributed by atoms with Gasteiger partial charge in [0.2, 0.25) is 0 Å². The monoisotopic (exact) mass is 892 g/mol. The van der Waals surface area contributed by atoms with Crippen LogP contribution in [0.3, 0.4) is 0 Å². The van der Waals surface area contributed by atoms with Crippen LogP contribution in [0.1, 0.15) is 0 Å². The smallest absolute Gasteiger partial charge is 0.164 e. The minimum Gasteiger partial charge on any atom is -0.456 e. The molecule has 0 radical (unpaired) electrons. The summed E-state index contributed by atoms with van der Waals surface area (Å²) in [6.07, 6.45) is 0. The van der Waals surface area contributed by atoms with Crippen LogP contribution in [0.5, 0.6) is 0 Å². The van der Waals surface area contributed by atoms with Gasteiger partial charge in [0.15, 0.2) is 17.5 Å². The lowest BCUT2D eigenvalue weighted by Gasteiger charge is -2.16. The van der Waals surface area contributed by atoms with E-state index in [1.807, 2.05) is 48.5 Å². The maximum Gasteiger partial charge on any atom is 0.164 e. The van der Waals surface area contributed by atoms with Crippen molar-refractivity contribution in [1.29, 1.82) is 0 Å². The Hall–Kier alpha value is -9.45. The zero-order chi connectivity index (χ0) is 46.1. The Labute approximate surface area is 403 Å². The molecule has 14 aromatic rings. The van der Waals surface area contributed by atoms with Crippen molar-refractivity contribution in [2.24, 2.45) is 0 Å². The van der Waals surface area contributed by atoms with Crippen LogP contribution in [0.2, 0.25) is 0 Å². The topological polar surface area (TPSA) is 56.7 Å². The number of benzene rings is 11. The summed E-state index contributed by atoms with van der Waals surface area (Å²) < 4.78 is 9.38. The lowest BCUT2D eigenvalue weighted by molar-refractivity contribution is 0.668. The predicted molar refractivity (Wildman–Crippen MR) is 289 cm³/mol. The molecule has 14 rings (SSSR count). The Morgan fingerprint density at radius 3 is 1.66 bits per heavy atom. The molecular formula is C65H40N4O. The van der Waals surface area contributed by atoms with Crippen molar-refractivity contribution in [3.8, 4) is 73.2 Å². The number of aromatic nitrogens is 4.